The van der Waals surface area contributed by atoms with E-state index in [1.807, 2.05) is 0 Å². The first-order chi connectivity index (χ1) is 17.0. The van der Waals surface area contributed by atoms with E-state index < -0.39 is 41.4 Å². The number of carbonyl (C=O) groups is 3. The van der Waals surface area contributed by atoms with Crippen LogP contribution in [0.4, 0.5) is 23.7 Å². The number of aliphatic carboxylic acids is 1. The van der Waals surface area contributed by atoms with Crippen molar-refractivity contribution in [2.45, 2.75) is 12.3 Å². The van der Waals surface area contributed by atoms with Gasteiger partial charge in [0.1, 0.15) is 6.61 Å². The summed E-state index contributed by atoms with van der Waals surface area (Å²) in [5.74, 6) is -2.25. The van der Waals surface area contributed by atoms with Crippen LogP contribution < -0.4 is 10.5 Å². The topological polar surface area (TPSA) is 126 Å². The molecule has 36 heavy (non-hydrogen) atoms. The zero-order valence-corrected chi connectivity index (χ0v) is 18.2. The highest BCUT2D eigenvalue weighted by atomic mass is 19.4. The molecule has 12 heteroatoms. The number of rotatable bonds is 6. The molecule has 0 aliphatic carbocycles. The van der Waals surface area contributed by atoms with Crippen LogP contribution in [0.1, 0.15) is 5.56 Å². The maximum atomic E-state index is 13.4. The molecule has 0 unspecified atom stereocenters. The van der Waals surface area contributed by atoms with Gasteiger partial charge in [-0.1, -0.05) is 24.3 Å². The lowest BCUT2D eigenvalue weighted by molar-refractivity contribution is -0.140. The number of nitrogens with zero attached hydrogens (tertiary/aromatic N) is 1. The number of esters is 1. The quantitative estimate of drug-likeness (QED) is 0.389. The minimum absolute atomic E-state index is 0.00687. The summed E-state index contributed by atoms with van der Waals surface area (Å²) in [6.45, 7) is -0.337. The monoisotopic (exact) mass is 502 g/mol. The number of ether oxygens (including phenoxy) is 2. The summed E-state index contributed by atoms with van der Waals surface area (Å²) in [6.07, 6.45) is -4.89. The maximum absolute atomic E-state index is 13.4. The van der Waals surface area contributed by atoms with Crippen molar-refractivity contribution in [2.75, 3.05) is 18.1 Å². The lowest BCUT2D eigenvalue weighted by Gasteiger charge is -2.15. The third-order valence-corrected chi connectivity index (χ3v) is 5.31. The number of anilines is 1. The van der Waals surface area contributed by atoms with E-state index in [4.69, 9.17) is 14.6 Å². The molecule has 0 saturated carbocycles. The van der Waals surface area contributed by atoms with Crippen molar-refractivity contribution in [2.24, 2.45) is 0 Å². The largest absolute Gasteiger partial charge is 0.478 e. The van der Waals surface area contributed by atoms with Gasteiger partial charge in [-0.3, -0.25) is 9.69 Å². The number of hydrogen-bond acceptors (Lipinski definition) is 6. The fraction of sp³-hybridized carbons (Fsp3) is 0.167. The average molecular weight is 502 g/mol. The smallest absolute Gasteiger partial charge is 0.417 e. The summed E-state index contributed by atoms with van der Waals surface area (Å²) >= 11 is 0. The number of hydrogen-bond donors (Lipinski definition) is 2. The van der Waals surface area contributed by atoms with Crippen LogP contribution >= 0.6 is 0 Å². The van der Waals surface area contributed by atoms with Gasteiger partial charge in [-0.25, -0.2) is 14.4 Å². The van der Waals surface area contributed by atoms with Crippen LogP contribution in [0.15, 0.2) is 65.5 Å². The predicted octanol–water partition coefficient (Wildman–Crippen LogP) is 3.72. The number of aromatic amines is 1. The van der Waals surface area contributed by atoms with Gasteiger partial charge < -0.3 is 19.6 Å². The van der Waals surface area contributed by atoms with E-state index in [0.29, 0.717) is 23.2 Å². The molecule has 0 radical (unpaired) electrons. The highest BCUT2D eigenvalue weighted by Crippen LogP contribution is 2.36. The standard InChI is InChI=1S/C24H17F3N2O7/c25-24(26,27)18-4-2-1-3-16(18)19-9-13-5-6-14(10-17(13)22(33)28-19)29-11-15(36-23(29)34)12-35-21(32)8-7-20(30)31/h1-10,15H,11-12H2,(H,28,33)(H,30,31)/b8-7-/t15-/m1/s1. The number of H-pyrrole nitrogens is 1. The number of benzene rings is 2. The van der Waals surface area contributed by atoms with Crippen LogP contribution in [0.2, 0.25) is 0 Å². The van der Waals surface area contributed by atoms with Crippen LogP contribution in [0, 0.1) is 0 Å². The molecule has 0 bridgehead atoms. The minimum atomic E-state index is -4.61. The highest BCUT2D eigenvalue weighted by molar-refractivity contribution is 5.95. The van der Waals surface area contributed by atoms with Crippen LogP contribution in [0.5, 0.6) is 0 Å². The average Bonchev–Trinajstić information content (AvgIpc) is 3.21. The van der Waals surface area contributed by atoms with Gasteiger partial charge in [0.2, 0.25) is 0 Å². The number of cyclic esters (lactones) is 1. The van der Waals surface area contributed by atoms with Crippen molar-refractivity contribution in [3.63, 3.8) is 0 Å². The summed E-state index contributed by atoms with van der Waals surface area (Å²) in [4.78, 5) is 50.7. The lowest BCUT2D eigenvalue weighted by atomic mass is 10.0. The van der Waals surface area contributed by atoms with E-state index in [1.54, 1.807) is 0 Å². The van der Waals surface area contributed by atoms with Crippen LogP contribution in [-0.4, -0.2) is 47.4 Å². The number of nitrogens with one attached hydrogen (secondary N) is 1. The third-order valence-electron chi connectivity index (χ3n) is 5.31. The molecule has 9 nitrogen and oxygen atoms in total. The number of carbonyl (C=O) groups excluding carboxylic acids is 2. The molecule has 3 aromatic rings. The van der Waals surface area contributed by atoms with Gasteiger partial charge in [0.15, 0.2) is 6.10 Å². The Kier molecular flexibility index (Phi) is 6.51. The number of carboxylic acid groups (broad SMARTS) is 1. The molecule has 1 aliphatic heterocycles. The summed E-state index contributed by atoms with van der Waals surface area (Å²) in [5, 5.41) is 9.01. The second-order valence-electron chi connectivity index (χ2n) is 7.75. The second kappa shape index (κ2) is 9.56. The van der Waals surface area contributed by atoms with Gasteiger partial charge in [0.25, 0.3) is 5.56 Å². The normalized spacial score (nSPS) is 15.9. The Hall–Kier alpha value is -4.61. The molecule has 2 heterocycles. The molecule has 4 rings (SSSR count). The molecule has 1 saturated heterocycles. The van der Waals surface area contributed by atoms with Crippen molar-refractivity contribution in [1.29, 1.82) is 0 Å². The van der Waals surface area contributed by atoms with Gasteiger partial charge in [0.05, 0.1) is 12.1 Å². The first kappa shape index (κ1) is 24.5. The van der Waals surface area contributed by atoms with Crippen molar-refractivity contribution < 1.29 is 42.1 Å². The first-order valence-corrected chi connectivity index (χ1v) is 10.4. The minimum Gasteiger partial charge on any atom is -0.478 e. The SMILES string of the molecule is O=C(O)/C=C\C(=O)OC[C@H]1CN(c2ccc3cc(-c4ccccc4C(F)(F)F)[nH]c(=O)c3c2)C(=O)O1. The number of fused-ring (bicyclic) bond motifs is 1. The van der Waals surface area contributed by atoms with E-state index in [1.165, 1.54) is 47.4 Å². The first-order valence-electron chi connectivity index (χ1n) is 10.4. The second-order valence-corrected chi connectivity index (χ2v) is 7.75. The molecule has 1 atom stereocenters. The fourth-order valence-electron chi connectivity index (χ4n) is 3.71. The van der Waals surface area contributed by atoms with Gasteiger partial charge in [-0.15, -0.1) is 0 Å². The van der Waals surface area contributed by atoms with E-state index >= 15 is 0 Å². The summed E-state index contributed by atoms with van der Waals surface area (Å²) < 4.78 is 50.3. The van der Waals surface area contributed by atoms with E-state index in [0.717, 1.165) is 6.07 Å². The van der Waals surface area contributed by atoms with Gasteiger partial charge in [0, 0.05) is 34.5 Å². The number of halogens is 3. The van der Waals surface area contributed by atoms with Crippen LogP contribution in [-0.2, 0) is 25.2 Å². The number of carboxylic acids is 1. The Morgan fingerprint density at radius 2 is 1.89 bits per heavy atom. The van der Waals surface area contributed by atoms with Crippen molar-refractivity contribution >= 4 is 34.5 Å². The third kappa shape index (κ3) is 5.22. The number of aromatic nitrogens is 1. The Morgan fingerprint density at radius 3 is 2.61 bits per heavy atom. The van der Waals surface area contributed by atoms with Crippen LogP contribution in [0.3, 0.4) is 0 Å². The fourth-order valence-corrected chi connectivity index (χ4v) is 3.71. The Bertz CT molecular complexity index is 1450. The van der Waals surface area contributed by atoms with Crippen LogP contribution in [0.25, 0.3) is 22.0 Å². The summed E-state index contributed by atoms with van der Waals surface area (Å²) in [5.41, 5.74) is -1.42. The van der Waals surface area contributed by atoms with Gasteiger partial charge in [-0.2, -0.15) is 13.2 Å². The molecular formula is C24H17F3N2O7. The zero-order chi connectivity index (χ0) is 26.0. The lowest BCUT2D eigenvalue weighted by Crippen LogP contribution is -2.26. The summed E-state index contributed by atoms with van der Waals surface area (Å²) in [6, 6.07) is 10.7. The van der Waals surface area contributed by atoms with E-state index in [2.05, 4.69) is 4.98 Å². The van der Waals surface area contributed by atoms with E-state index in [-0.39, 0.29) is 29.8 Å². The Morgan fingerprint density at radius 1 is 1.14 bits per heavy atom. The van der Waals surface area contributed by atoms with E-state index in [9.17, 15) is 32.3 Å². The Labute approximate surface area is 200 Å². The van der Waals surface area contributed by atoms with Gasteiger partial charge in [-0.05, 0) is 29.7 Å². The molecule has 1 amide bonds. The zero-order valence-electron chi connectivity index (χ0n) is 18.2. The number of alkyl halides is 3. The molecule has 2 N–H and O–H groups in total. The Balaban J connectivity index is 1.56. The molecule has 1 fully saturated rings. The van der Waals surface area contributed by atoms with Crippen molar-refractivity contribution in [3.05, 3.63) is 76.6 Å². The number of amides is 1. The molecule has 2 aromatic carbocycles. The van der Waals surface area contributed by atoms with Gasteiger partial charge >= 0.3 is 24.2 Å². The predicted molar refractivity (Wildman–Crippen MR) is 120 cm³/mol. The molecule has 0 spiro atoms. The maximum Gasteiger partial charge on any atom is 0.417 e. The molecule has 1 aliphatic rings. The highest BCUT2D eigenvalue weighted by Gasteiger charge is 2.34. The molecule has 1 aromatic heterocycles. The van der Waals surface area contributed by atoms with Crippen molar-refractivity contribution in [3.8, 4) is 11.3 Å². The van der Waals surface area contributed by atoms with Crippen molar-refractivity contribution in [1.82, 2.24) is 4.98 Å². The molecule has 186 valence electrons. The molecular weight excluding hydrogens is 485 g/mol. The summed E-state index contributed by atoms with van der Waals surface area (Å²) in [7, 11) is 0. The number of pyridine rings is 1.